The summed E-state index contributed by atoms with van der Waals surface area (Å²) in [7, 11) is 0. The molecule has 0 fully saturated rings. The maximum absolute atomic E-state index is 13.0. The zero-order valence-corrected chi connectivity index (χ0v) is 18.4. The number of rotatable bonds is 5. The van der Waals surface area contributed by atoms with E-state index in [9.17, 15) is 4.79 Å². The van der Waals surface area contributed by atoms with Crippen LogP contribution in [-0.2, 0) is 11.4 Å². The van der Waals surface area contributed by atoms with Crippen molar-refractivity contribution in [2.75, 3.05) is 11.6 Å². The summed E-state index contributed by atoms with van der Waals surface area (Å²) in [6, 6.07) is 17.8. The first-order valence-electron chi connectivity index (χ1n) is 10.4. The van der Waals surface area contributed by atoms with Gasteiger partial charge in [-0.2, -0.15) is 4.98 Å². The molecule has 5 rings (SSSR count). The number of allylic oxidation sites excluding steroid dienone is 2. The summed E-state index contributed by atoms with van der Waals surface area (Å²) in [5.41, 5.74) is 3.91. The molecule has 1 aliphatic carbocycles. The van der Waals surface area contributed by atoms with Crippen LogP contribution in [0.2, 0.25) is 0 Å². The first kappa shape index (κ1) is 19.9. The zero-order valence-electron chi connectivity index (χ0n) is 17.5. The summed E-state index contributed by atoms with van der Waals surface area (Å²) in [4.78, 5) is 17.6. The number of aromatic nitrogens is 3. The van der Waals surface area contributed by atoms with E-state index in [0.29, 0.717) is 30.1 Å². The maximum Gasteiger partial charge on any atom is 0.227 e. The molecular formula is C24H24N4O2S. The molecule has 0 radical (unpaired) electrons. The fourth-order valence-corrected chi connectivity index (χ4v) is 4.62. The minimum atomic E-state index is -0.275. The van der Waals surface area contributed by atoms with Crippen LogP contribution in [0.15, 0.2) is 71.0 Å². The highest BCUT2D eigenvalue weighted by molar-refractivity contribution is 7.98. The second-order valence-corrected chi connectivity index (χ2v) is 8.84. The highest BCUT2D eigenvalue weighted by Gasteiger charge is 2.38. The molecule has 0 spiro atoms. The van der Waals surface area contributed by atoms with Gasteiger partial charge in [0.15, 0.2) is 5.78 Å². The maximum atomic E-state index is 13.0. The van der Waals surface area contributed by atoms with Gasteiger partial charge in [0.2, 0.25) is 11.1 Å². The highest BCUT2D eigenvalue weighted by atomic mass is 32.2. The van der Waals surface area contributed by atoms with Crippen molar-refractivity contribution in [2.24, 2.45) is 5.92 Å². The number of anilines is 1. The van der Waals surface area contributed by atoms with Crippen molar-refractivity contribution in [1.29, 1.82) is 0 Å². The molecule has 2 aromatic carbocycles. The monoisotopic (exact) mass is 432 g/mol. The summed E-state index contributed by atoms with van der Waals surface area (Å²) >= 11 is 1.49. The van der Waals surface area contributed by atoms with E-state index in [1.807, 2.05) is 65.5 Å². The van der Waals surface area contributed by atoms with E-state index in [2.05, 4.69) is 22.3 Å². The van der Waals surface area contributed by atoms with Crippen molar-refractivity contribution in [3.63, 3.8) is 0 Å². The van der Waals surface area contributed by atoms with Gasteiger partial charge in [0, 0.05) is 17.7 Å². The molecule has 0 amide bonds. The Hall–Kier alpha value is -3.06. The summed E-state index contributed by atoms with van der Waals surface area (Å²) in [6.45, 7) is 2.63. The fourth-order valence-electron chi connectivity index (χ4n) is 4.27. The van der Waals surface area contributed by atoms with E-state index in [1.165, 1.54) is 11.8 Å². The molecule has 0 saturated carbocycles. The number of carbonyl (C=O) groups is 1. The molecule has 31 heavy (non-hydrogen) atoms. The Morgan fingerprint density at radius 1 is 1.13 bits per heavy atom. The smallest absolute Gasteiger partial charge is 0.227 e. The molecule has 6 nitrogen and oxygen atoms in total. The highest BCUT2D eigenvalue weighted by Crippen LogP contribution is 2.42. The van der Waals surface area contributed by atoms with Crippen molar-refractivity contribution >= 4 is 23.5 Å². The normalized spacial score (nSPS) is 20.1. The average molecular weight is 433 g/mol. The Balaban J connectivity index is 1.47. The molecule has 2 atom stereocenters. The van der Waals surface area contributed by atoms with E-state index in [-0.39, 0.29) is 11.8 Å². The van der Waals surface area contributed by atoms with E-state index in [4.69, 9.17) is 4.74 Å². The predicted molar refractivity (Wildman–Crippen MR) is 121 cm³/mol. The Labute approximate surface area is 185 Å². The van der Waals surface area contributed by atoms with Gasteiger partial charge >= 0.3 is 0 Å². The lowest BCUT2D eigenvalue weighted by Crippen LogP contribution is -2.33. The third-order valence-electron chi connectivity index (χ3n) is 5.73. The van der Waals surface area contributed by atoms with Crippen LogP contribution < -0.4 is 10.1 Å². The molecule has 0 bridgehead atoms. The third-order valence-corrected chi connectivity index (χ3v) is 6.27. The number of thioether (sulfide) groups is 1. The molecule has 2 aliphatic rings. The number of carbonyl (C=O) groups excluding carboxylic acids is 1. The van der Waals surface area contributed by atoms with Crippen LogP contribution in [-0.4, -0.2) is 26.8 Å². The lowest BCUT2D eigenvalue weighted by atomic mass is 9.81. The SMILES string of the molecule is CSc1nc2n(n1)[C@H](c1ccc(OCc3ccccc3)cc1)C1=C(C[C@@H](C)CC1=O)N2. The number of hydrogen-bond acceptors (Lipinski definition) is 6. The molecule has 1 N–H and O–H groups in total. The molecule has 1 aromatic heterocycles. The number of hydrogen-bond donors (Lipinski definition) is 1. The first-order valence-corrected chi connectivity index (χ1v) is 11.7. The number of nitrogens with zero attached hydrogens (tertiary/aromatic N) is 3. The van der Waals surface area contributed by atoms with Gasteiger partial charge in [-0.1, -0.05) is 61.2 Å². The van der Waals surface area contributed by atoms with Crippen LogP contribution in [0.3, 0.4) is 0 Å². The molecule has 7 heteroatoms. The quantitative estimate of drug-likeness (QED) is 0.582. The van der Waals surface area contributed by atoms with Gasteiger partial charge in [0.1, 0.15) is 18.4 Å². The number of benzene rings is 2. The second-order valence-electron chi connectivity index (χ2n) is 8.07. The molecule has 0 saturated heterocycles. The number of ketones is 1. The standard InChI is InChI=1S/C24H24N4O2S/c1-15-12-19-21(20(29)13-15)22(28-23(25-19)26-24(27-28)31-2)17-8-10-18(11-9-17)30-14-16-6-4-3-5-7-16/h3-11,15,22H,12-14H2,1-2H3,(H,25,26,27)/t15-,22-/m1/s1. The lowest BCUT2D eigenvalue weighted by Gasteiger charge is -2.34. The third kappa shape index (κ3) is 3.85. The van der Waals surface area contributed by atoms with Crippen LogP contribution in [0.25, 0.3) is 0 Å². The zero-order chi connectivity index (χ0) is 21.4. The van der Waals surface area contributed by atoms with Crippen LogP contribution in [0, 0.1) is 5.92 Å². The van der Waals surface area contributed by atoms with Crippen LogP contribution in [0.5, 0.6) is 5.75 Å². The minimum absolute atomic E-state index is 0.183. The fraction of sp³-hybridized carbons (Fsp3) is 0.292. The molecular weight excluding hydrogens is 408 g/mol. The van der Waals surface area contributed by atoms with E-state index in [1.54, 1.807) is 0 Å². The average Bonchev–Trinajstić information content (AvgIpc) is 3.20. The van der Waals surface area contributed by atoms with Crippen LogP contribution >= 0.6 is 11.8 Å². The number of ether oxygens (including phenoxy) is 1. The lowest BCUT2D eigenvalue weighted by molar-refractivity contribution is -0.117. The summed E-state index contributed by atoms with van der Waals surface area (Å²) in [5, 5.41) is 8.72. The Bertz CT molecular complexity index is 1140. The van der Waals surface area contributed by atoms with Gasteiger partial charge < -0.3 is 10.1 Å². The topological polar surface area (TPSA) is 69.0 Å². The minimum Gasteiger partial charge on any atom is -0.489 e. The molecule has 1 aliphatic heterocycles. The molecule has 0 unspecified atom stereocenters. The second kappa shape index (κ2) is 8.23. The summed E-state index contributed by atoms with van der Waals surface area (Å²) in [5.74, 6) is 1.99. The van der Waals surface area contributed by atoms with E-state index >= 15 is 0 Å². The van der Waals surface area contributed by atoms with Gasteiger partial charge in [0.05, 0.1) is 0 Å². The Morgan fingerprint density at radius 2 is 1.90 bits per heavy atom. The van der Waals surface area contributed by atoms with Crippen molar-refractivity contribution in [3.05, 3.63) is 77.0 Å². The van der Waals surface area contributed by atoms with Crippen LogP contribution in [0.4, 0.5) is 5.95 Å². The molecule has 3 aromatic rings. The van der Waals surface area contributed by atoms with E-state index < -0.39 is 0 Å². The number of Topliss-reactive ketones (excluding diaryl/α,β-unsaturated/α-hetero) is 1. The van der Waals surface area contributed by atoms with Crippen molar-refractivity contribution < 1.29 is 9.53 Å². The van der Waals surface area contributed by atoms with E-state index in [0.717, 1.165) is 34.6 Å². The Morgan fingerprint density at radius 3 is 2.65 bits per heavy atom. The largest absolute Gasteiger partial charge is 0.489 e. The van der Waals surface area contributed by atoms with Gasteiger partial charge in [-0.15, -0.1) is 5.10 Å². The van der Waals surface area contributed by atoms with Gasteiger partial charge in [-0.3, -0.25) is 4.79 Å². The van der Waals surface area contributed by atoms with Gasteiger partial charge in [-0.05, 0) is 41.9 Å². The summed E-state index contributed by atoms with van der Waals surface area (Å²) < 4.78 is 7.78. The van der Waals surface area contributed by atoms with Crippen molar-refractivity contribution in [1.82, 2.24) is 14.8 Å². The molecule has 2 heterocycles. The Kier molecular flexibility index (Phi) is 5.28. The van der Waals surface area contributed by atoms with Crippen molar-refractivity contribution in [3.8, 4) is 5.75 Å². The number of fused-ring (bicyclic) bond motifs is 1. The predicted octanol–water partition coefficient (Wildman–Crippen LogP) is 4.85. The summed E-state index contributed by atoms with van der Waals surface area (Å²) in [6.07, 6.45) is 3.36. The van der Waals surface area contributed by atoms with Gasteiger partial charge in [0.25, 0.3) is 0 Å². The first-order chi connectivity index (χ1) is 15.1. The van der Waals surface area contributed by atoms with Crippen molar-refractivity contribution in [2.45, 2.75) is 37.6 Å². The number of nitrogens with one attached hydrogen (secondary N) is 1. The van der Waals surface area contributed by atoms with Gasteiger partial charge in [-0.25, -0.2) is 4.68 Å². The van der Waals surface area contributed by atoms with Crippen LogP contribution in [0.1, 0.15) is 36.9 Å². The molecule has 158 valence electrons.